The number of methoxy groups -OCH3 is 1. The predicted molar refractivity (Wildman–Crippen MR) is 98.0 cm³/mol. The van der Waals surface area contributed by atoms with Crippen molar-refractivity contribution in [2.45, 2.75) is 6.92 Å². The predicted octanol–water partition coefficient (Wildman–Crippen LogP) is 4.16. The van der Waals surface area contributed by atoms with E-state index in [4.69, 9.17) is 0 Å². The maximum absolute atomic E-state index is 12.4. The molecule has 0 saturated heterocycles. The molecule has 0 atom stereocenters. The summed E-state index contributed by atoms with van der Waals surface area (Å²) >= 11 is 1.41. The Hall–Kier alpha value is -2.99. The largest absolute Gasteiger partial charge is 0.465 e. The third kappa shape index (κ3) is 3.92. The third-order valence-corrected chi connectivity index (χ3v) is 4.47. The Morgan fingerprint density at radius 3 is 2.60 bits per heavy atom. The smallest absolute Gasteiger partial charge is 0.337 e. The molecule has 5 nitrogen and oxygen atoms in total. The van der Waals surface area contributed by atoms with Gasteiger partial charge >= 0.3 is 5.97 Å². The van der Waals surface area contributed by atoms with Gasteiger partial charge in [0.2, 0.25) is 0 Å². The van der Waals surface area contributed by atoms with Gasteiger partial charge < -0.3 is 10.1 Å². The van der Waals surface area contributed by atoms with Crippen LogP contribution in [0.4, 0.5) is 5.69 Å². The van der Waals surface area contributed by atoms with Gasteiger partial charge in [0, 0.05) is 16.6 Å². The minimum absolute atomic E-state index is 0.323. The average molecular weight is 352 g/mol. The molecule has 0 saturated carbocycles. The van der Waals surface area contributed by atoms with Crippen molar-refractivity contribution < 1.29 is 14.3 Å². The summed E-state index contributed by atoms with van der Waals surface area (Å²) in [6, 6.07) is 14.6. The first kappa shape index (κ1) is 16.9. The maximum atomic E-state index is 12.4. The average Bonchev–Trinajstić information content (AvgIpc) is 3.12. The number of esters is 1. The Labute approximate surface area is 149 Å². The molecular formula is C19H16N2O3S. The van der Waals surface area contributed by atoms with Crippen molar-refractivity contribution >= 4 is 28.9 Å². The van der Waals surface area contributed by atoms with E-state index in [0.717, 1.165) is 10.6 Å². The second kappa shape index (κ2) is 7.27. The number of carbonyl (C=O) groups is 2. The van der Waals surface area contributed by atoms with Crippen molar-refractivity contribution in [3.63, 3.8) is 0 Å². The molecule has 25 heavy (non-hydrogen) atoms. The molecule has 3 rings (SSSR count). The van der Waals surface area contributed by atoms with Crippen molar-refractivity contribution in [1.29, 1.82) is 0 Å². The zero-order valence-corrected chi connectivity index (χ0v) is 14.6. The van der Waals surface area contributed by atoms with Gasteiger partial charge in [0.25, 0.3) is 5.91 Å². The van der Waals surface area contributed by atoms with E-state index in [-0.39, 0.29) is 5.91 Å². The van der Waals surface area contributed by atoms with E-state index < -0.39 is 5.97 Å². The van der Waals surface area contributed by atoms with Gasteiger partial charge in [0.05, 0.1) is 12.7 Å². The summed E-state index contributed by atoms with van der Waals surface area (Å²) in [5.74, 6) is -0.775. The topological polar surface area (TPSA) is 68.3 Å². The lowest BCUT2D eigenvalue weighted by Gasteiger charge is -2.05. The number of nitrogens with zero attached hydrogens (tertiary/aromatic N) is 1. The van der Waals surface area contributed by atoms with Crippen LogP contribution in [0.1, 0.15) is 26.4 Å². The third-order valence-electron chi connectivity index (χ3n) is 3.58. The second-order valence-corrected chi connectivity index (χ2v) is 6.29. The standard InChI is InChI=1S/C19H16N2O3S/c1-12-6-8-13(9-7-12)18-21-16(11-25-18)17(22)20-15-5-3-4-14(10-15)19(23)24-2/h3-11H,1-2H3,(H,20,22). The van der Waals surface area contributed by atoms with Crippen LogP contribution >= 0.6 is 11.3 Å². The zero-order chi connectivity index (χ0) is 17.8. The highest BCUT2D eigenvalue weighted by atomic mass is 32.1. The summed E-state index contributed by atoms with van der Waals surface area (Å²) in [6.07, 6.45) is 0. The van der Waals surface area contributed by atoms with E-state index in [1.54, 1.807) is 29.6 Å². The maximum Gasteiger partial charge on any atom is 0.337 e. The van der Waals surface area contributed by atoms with Crippen LogP contribution in [0.15, 0.2) is 53.9 Å². The number of hydrogen-bond donors (Lipinski definition) is 1. The van der Waals surface area contributed by atoms with E-state index in [2.05, 4.69) is 15.0 Å². The number of aromatic nitrogens is 1. The van der Waals surface area contributed by atoms with E-state index >= 15 is 0 Å². The quantitative estimate of drug-likeness (QED) is 0.716. The van der Waals surface area contributed by atoms with Crippen LogP contribution in [0.25, 0.3) is 10.6 Å². The van der Waals surface area contributed by atoms with Crippen LogP contribution in [0.2, 0.25) is 0 Å². The number of nitrogens with one attached hydrogen (secondary N) is 1. The lowest BCUT2D eigenvalue weighted by Crippen LogP contribution is -2.13. The highest BCUT2D eigenvalue weighted by molar-refractivity contribution is 7.13. The summed E-state index contributed by atoms with van der Waals surface area (Å²) in [5.41, 5.74) is 3.37. The fourth-order valence-electron chi connectivity index (χ4n) is 2.24. The van der Waals surface area contributed by atoms with Gasteiger partial charge in [-0.15, -0.1) is 11.3 Å². The Morgan fingerprint density at radius 1 is 1.12 bits per heavy atom. The van der Waals surface area contributed by atoms with Gasteiger partial charge in [0.15, 0.2) is 0 Å². The second-order valence-electron chi connectivity index (χ2n) is 5.43. The number of carbonyl (C=O) groups excluding carboxylic acids is 2. The lowest BCUT2D eigenvalue weighted by molar-refractivity contribution is 0.0600. The van der Waals surface area contributed by atoms with Gasteiger partial charge in [-0.3, -0.25) is 4.79 Å². The number of aryl methyl sites for hydroxylation is 1. The van der Waals surface area contributed by atoms with Crippen LogP contribution in [0.5, 0.6) is 0 Å². The molecule has 1 N–H and O–H groups in total. The van der Waals surface area contributed by atoms with E-state index in [0.29, 0.717) is 16.9 Å². The van der Waals surface area contributed by atoms with Gasteiger partial charge in [-0.2, -0.15) is 0 Å². The molecule has 0 aliphatic heterocycles. The molecule has 0 aliphatic rings. The molecule has 3 aromatic rings. The van der Waals surface area contributed by atoms with Crippen LogP contribution in [0.3, 0.4) is 0 Å². The number of hydrogen-bond acceptors (Lipinski definition) is 5. The molecule has 0 spiro atoms. The first-order valence-corrected chi connectivity index (χ1v) is 8.47. The fraction of sp³-hybridized carbons (Fsp3) is 0.105. The highest BCUT2D eigenvalue weighted by Crippen LogP contribution is 2.24. The normalized spacial score (nSPS) is 10.3. The van der Waals surface area contributed by atoms with Crippen LogP contribution in [-0.2, 0) is 4.74 Å². The van der Waals surface area contributed by atoms with Gasteiger partial charge in [-0.25, -0.2) is 9.78 Å². The number of thiazole rings is 1. The van der Waals surface area contributed by atoms with Gasteiger partial charge in [-0.1, -0.05) is 35.9 Å². The summed E-state index contributed by atoms with van der Waals surface area (Å²) in [6.45, 7) is 2.02. The summed E-state index contributed by atoms with van der Waals surface area (Å²) in [7, 11) is 1.31. The summed E-state index contributed by atoms with van der Waals surface area (Å²) < 4.78 is 4.68. The Morgan fingerprint density at radius 2 is 1.88 bits per heavy atom. The first-order chi connectivity index (χ1) is 12.1. The zero-order valence-electron chi connectivity index (χ0n) is 13.8. The molecule has 0 bridgehead atoms. The van der Waals surface area contributed by atoms with E-state index in [1.165, 1.54) is 24.0 Å². The molecule has 0 aliphatic carbocycles. The van der Waals surface area contributed by atoms with Crippen LogP contribution < -0.4 is 5.32 Å². The van der Waals surface area contributed by atoms with Crippen LogP contribution in [0, 0.1) is 6.92 Å². The van der Waals surface area contributed by atoms with Crippen LogP contribution in [-0.4, -0.2) is 24.0 Å². The first-order valence-electron chi connectivity index (χ1n) is 7.59. The Kier molecular flexibility index (Phi) is 4.90. The van der Waals surface area contributed by atoms with Crippen molar-refractivity contribution in [2.24, 2.45) is 0 Å². The molecule has 1 aromatic heterocycles. The molecule has 0 unspecified atom stereocenters. The number of amides is 1. The Bertz CT molecular complexity index is 916. The molecule has 0 radical (unpaired) electrons. The minimum atomic E-state index is -0.452. The number of anilines is 1. The minimum Gasteiger partial charge on any atom is -0.465 e. The van der Waals surface area contributed by atoms with Crippen molar-refractivity contribution in [1.82, 2.24) is 4.98 Å². The van der Waals surface area contributed by atoms with Crippen molar-refractivity contribution in [2.75, 3.05) is 12.4 Å². The number of benzene rings is 2. The molecule has 126 valence electrons. The molecule has 2 aromatic carbocycles. The fourth-order valence-corrected chi connectivity index (χ4v) is 3.05. The molecular weight excluding hydrogens is 336 g/mol. The van der Waals surface area contributed by atoms with Crippen molar-refractivity contribution in [3.8, 4) is 10.6 Å². The number of ether oxygens (including phenoxy) is 1. The SMILES string of the molecule is COC(=O)c1cccc(NC(=O)c2csc(-c3ccc(C)cc3)n2)c1. The molecule has 0 fully saturated rings. The van der Waals surface area contributed by atoms with Gasteiger partial charge in [0.1, 0.15) is 10.7 Å². The van der Waals surface area contributed by atoms with Crippen molar-refractivity contribution in [3.05, 3.63) is 70.7 Å². The highest BCUT2D eigenvalue weighted by Gasteiger charge is 2.13. The van der Waals surface area contributed by atoms with E-state index in [9.17, 15) is 9.59 Å². The Balaban J connectivity index is 1.76. The van der Waals surface area contributed by atoms with E-state index in [1.807, 2.05) is 31.2 Å². The van der Waals surface area contributed by atoms with Gasteiger partial charge in [-0.05, 0) is 25.1 Å². The number of rotatable bonds is 4. The summed E-state index contributed by atoms with van der Waals surface area (Å²) in [5, 5.41) is 5.25. The monoisotopic (exact) mass is 352 g/mol. The summed E-state index contributed by atoms with van der Waals surface area (Å²) in [4.78, 5) is 28.3. The lowest BCUT2D eigenvalue weighted by atomic mass is 10.2. The molecule has 1 heterocycles. The molecule has 6 heteroatoms. The molecule has 1 amide bonds.